The molecule has 20 heavy (non-hydrogen) atoms. The van der Waals surface area contributed by atoms with Crippen LogP contribution in [0, 0.1) is 11.8 Å². The molecule has 0 bridgehead atoms. The lowest BCUT2D eigenvalue weighted by molar-refractivity contribution is 0.0382. The summed E-state index contributed by atoms with van der Waals surface area (Å²) in [5, 5.41) is 0. The average Bonchev–Trinajstić information content (AvgIpc) is 2.69. The van der Waals surface area contributed by atoms with Crippen LogP contribution in [0.25, 0.3) is 0 Å². The molecule has 2 aliphatic carbocycles. The summed E-state index contributed by atoms with van der Waals surface area (Å²) in [6, 6.07) is 0.461. The first-order valence-electron chi connectivity index (χ1n) is 8.73. The maximum Gasteiger partial charge on any atom is 0.0422 e. The Balaban J connectivity index is 2.16. The maximum atomic E-state index is 6.07. The van der Waals surface area contributed by atoms with Gasteiger partial charge in [-0.25, -0.2) is 0 Å². The lowest BCUT2D eigenvalue weighted by Gasteiger charge is -2.49. The van der Waals surface area contributed by atoms with Gasteiger partial charge in [0, 0.05) is 11.6 Å². The van der Waals surface area contributed by atoms with Gasteiger partial charge in [0.05, 0.1) is 0 Å². The largest absolute Gasteiger partial charge is 0.302 e. The number of nitrogens with one attached hydrogen (secondary N) is 1. The van der Waals surface area contributed by atoms with E-state index >= 15 is 0 Å². The van der Waals surface area contributed by atoms with Crippen molar-refractivity contribution in [2.75, 3.05) is 14.1 Å². The molecule has 0 aromatic heterocycles. The van der Waals surface area contributed by atoms with E-state index in [1.807, 2.05) is 0 Å². The van der Waals surface area contributed by atoms with Gasteiger partial charge in [-0.3, -0.25) is 11.3 Å². The first kappa shape index (κ1) is 16.3. The van der Waals surface area contributed by atoms with E-state index in [-0.39, 0.29) is 5.54 Å². The summed E-state index contributed by atoms with van der Waals surface area (Å²) in [5.41, 5.74) is 3.54. The van der Waals surface area contributed by atoms with Crippen molar-refractivity contribution < 1.29 is 0 Å². The third kappa shape index (κ3) is 3.37. The minimum Gasteiger partial charge on any atom is -0.302 e. The first-order chi connectivity index (χ1) is 9.60. The molecule has 2 rings (SSSR count). The fraction of sp³-hybridized carbons (Fsp3) is 1.00. The molecular weight excluding hydrogens is 246 g/mol. The zero-order valence-corrected chi connectivity index (χ0v) is 13.8. The highest BCUT2D eigenvalue weighted by Crippen LogP contribution is 2.41. The number of hydrazine groups is 1. The molecule has 1 atom stereocenters. The van der Waals surface area contributed by atoms with E-state index in [0.717, 1.165) is 11.8 Å². The summed E-state index contributed by atoms with van der Waals surface area (Å²) in [4.78, 5) is 2.49. The molecule has 1 unspecified atom stereocenters. The second-order valence-electron chi connectivity index (χ2n) is 7.58. The molecule has 0 aromatic carbocycles. The van der Waals surface area contributed by atoms with Crippen molar-refractivity contribution >= 4 is 0 Å². The number of likely N-dealkylation sites (N-methyl/N-ethyl adjacent to an activating group) is 1. The van der Waals surface area contributed by atoms with Gasteiger partial charge < -0.3 is 4.90 Å². The van der Waals surface area contributed by atoms with Crippen molar-refractivity contribution in [1.29, 1.82) is 0 Å². The van der Waals surface area contributed by atoms with E-state index in [4.69, 9.17) is 5.84 Å². The molecule has 2 aliphatic rings. The Labute approximate surface area is 125 Å². The van der Waals surface area contributed by atoms with Crippen LogP contribution in [-0.4, -0.2) is 30.6 Å². The summed E-state index contributed by atoms with van der Waals surface area (Å²) in [7, 11) is 4.53. The highest BCUT2D eigenvalue weighted by atomic mass is 15.3. The zero-order valence-electron chi connectivity index (χ0n) is 13.8. The Bertz CT molecular complexity index is 274. The molecule has 0 spiro atoms. The minimum atomic E-state index is 0.274. The normalized spacial score (nSPS) is 32.9. The minimum absolute atomic E-state index is 0.274. The summed E-state index contributed by atoms with van der Waals surface area (Å²) >= 11 is 0. The van der Waals surface area contributed by atoms with Crippen LogP contribution in [0.5, 0.6) is 0 Å². The third-order valence-electron chi connectivity index (χ3n) is 6.15. The van der Waals surface area contributed by atoms with Crippen LogP contribution in [0.1, 0.15) is 71.1 Å². The highest BCUT2D eigenvalue weighted by molar-refractivity contribution is 5.02. The number of rotatable bonds is 4. The van der Waals surface area contributed by atoms with Crippen LogP contribution in [0.3, 0.4) is 0 Å². The first-order valence-corrected chi connectivity index (χ1v) is 8.73. The van der Waals surface area contributed by atoms with Gasteiger partial charge in [-0.05, 0) is 51.6 Å². The van der Waals surface area contributed by atoms with Gasteiger partial charge in [0.2, 0.25) is 0 Å². The van der Waals surface area contributed by atoms with Gasteiger partial charge in [0.25, 0.3) is 0 Å². The van der Waals surface area contributed by atoms with Crippen LogP contribution in [0.2, 0.25) is 0 Å². The summed E-state index contributed by atoms with van der Waals surface area (Å²) in [6.45, 7) is 2.40. The Hall–Kier alpha value is -0.120. The van der Waals surface area contributed by atoms with Crippen LogP contribution in [-0.2, 0) is 0 Å². The second-order valence-corrected chi connectivity index (χ2v) is 7.58. The van der Waals surface area contributed by atoms with Crippen molar-refractivity contribution in [3.8, 4) is 0 Å². The monoisotopic (exact) mass is 281 g/mol. The molecule has 0 radical (unpaired) electrons. The molecule has 3 nitrogen and oxygen atoms in total. The Morgan fingerprint density at radius 2 is 1.55 bits per heavy atom. The van der Waals surface area contributed by atoms with Gasteiger partial charge in [0.15, 0.2) is 0 Å². The molecule has 0 aliphatic heterocycles. The van der Waals surface area contributed by atoms with E-state index in [9.17, 15) is 0 Å². The van der Waals surface area contributed by atoms with Crippen LogP contribution in [0.15, 0.2) is 0 Å². The molecule has 2 fully saturated rings. The average molecular weight is 281 g/mol. The fourth-order valence-corrected chi connectivity index (χ4v) is 4.73. The molecule has 0 amide bonds. The Morgan fingerprint density at radius 3 is 2.00 bits per heavy atom. The predicted octanol–water partition coefficient (Wildman–Crippen LogP) is 3.30. The topological polar surface area (TPSA) is 41.3 Å². The van der Waals surface area contributed by atoms with Crippen molar-refractivity contribution in [2.45, 2.75) is 82.7 Å². The van der Waals surface area contributed by atoms with Crippen molar-refractivity contribution in [2.24, 2.45) is 17.7 Å². The zero-order chi connectivity index (χ0) is 14.6. The summed E-state index contributed by atoms with van der Waals surface area (Å²) in [6.07, 6.45) is 13.6. The summed E-state index contributed by atoms with van der Waals surface area (Å²) < 4.78 is 0. The van der Waals surface area contributed by atoms with Crippen molar-refractivity contribution in [3.63, 3.8) is 0 Å². The third-order valence-corrected chi connectivity index (χ3v) is 6.15. The SMILES string of the molecule is CC1CCC(C(NN)C2(N(C)C)CCCCCC2)CC1. The van der Waals surface area contributed by atoms with E-state index in [1.54, 1.807) is 0 Å². The smallest absolute Gasteiger partial charge is 0.0422 e. The second kappa shape index (κ2) is 7.24. The van der Waals surface area contributed by atoms with E-state index in [2.05, 4.69) is 31.3 Å². The van der Waals surface area contributed by atoms with Gasteiger partial charge in [0.1, 0.15) is 0 Å². The number of hydrogen-bond donors (Lipinski definition) is 2. The van der Waals surface area contributed by atoms with Crippen LogP contribution < -0.4 is 11.3 Å². The van der Waals surface area contributed by atoms with Gasteiger partial charge in [-0.2, -0.15) is 0 Å². The molecule has 0 aromatic rings. The molecule has 2 saturated carbocycles. The fourth-order valence-electron chi connectivity index (χ4n) is 4.73. The van der Waals surface area contributed by atoms with E-state index in [1.165, 1.54) is 64.2 Å². The molecule has 0 saturated heterocycles. The number of hydrogen-bond acceptors (Lipinski definition) is 3. The molecule has 3 heteroatoms. The van der Waals surface area contributed by atoms with Crippen molar-refractivity contribution in [1.82, 2.24) is 10.3 Å². The Kier molecular flexibility index (Phi) is 5.88. The van der Waals surface area contributed by atoms with Gasteiger partial charge in [-0.15, -0.1) is 0 Å². The van der Waals surface area contributed by atoms with Gasteiger partial charge in [-0.1, -0.05) is 45.4 Å². The number of nitrogens with two attached hydrogens (primary N) is 1. The van der Waals surface area contributed by atoms with Crippen LogP contribution in [0.4, 0.5) is 0 Å². The highest BCUT2D eigenvalue weighted by Gasteiger charge is 2.44. The molecule has 3 N–H and O–H groups in total. The van der Waals surface area contributed by atoms with Crippen molar-refractivity contribution in [3.05, 3.63) is 0 Å². The predicted molar refractivity (Wildman–Crippen MR) is 86.4 cm³/mol. The molecule has 118 valence electrons. The quantitative estimate of drug-likeness (QED) is 0.472. The lowest BCUT2D eigenvalue weighted by atomic mass is 9.69. The van der Waals surface area contributed by atoms with E-state index in [0.29, 0.717) is 6.04 Å². The Morgan fingerprint density at radius 1 is 1.00 bits per heavy atom. The lowest BCUT2D eigenvalue weighted by Crippen LogP contribution is -2.63. The number of nitrogens with zero attached hydrogens (tertiary/aromatic N) is 1. The molecule has 0 heterocycles. The maximum absolute atomic E-state index is 6.07. The summed E-state index contributed by atoms with van der Waals surface area (Å²) in [5.74, 6) is 7.74. The standard InChI is InChI=1S/C17H35N3/c1-14-8-10-15(11-9-14)16(19-18)17(20(2)3)12-6-4-5-7-13-17/h14-16,19H,4-13,18H2,1-3H3. The molecular formula is C17H35N3. The van der Waals surface area contributed by atoms with E-state index < -0.39 is 0 Å². The van der Waals surface area contributed by atoms with Gasteiger partial charge >= 0.3 is 0 Å². The van der Waals surface area contributed by atoms with Crippen LogP contribution >= 0.6 is 0 Å².